The van der Waals surface area contributed by atoms with Gasteiger partial charge in [-0.05, 0) is 41.1 Å². The lowest BCUT2D eigenvalue weighted by atomic mass is 10.1. The fourth-order valence-electron chi connectivity index (χ4n) is 2.40. The summed E-state index contributed by atoms with van der Waals surface area (Å²) >= 11 is 5.49. The first-order chi connectivity index (χ1) is 9.06. The van der Waals surface area contributed by atoms with E-state index in [1.807, 2.05) is 11.8 Å². The van der Waals surface area contributed by atoms with Crippen LogP contribution in [0.3, 0.4) is 0 Å². The molecule has 1 aromatic heterocycles. The van der Waals surface area contributed by atoms with Gasteiger partial charge in [0.25, 0.3) is 0 Å². The Morgan fingerprint density at radius 2 is 2.00 bits per heavy atom. The average molecular weight is 344 g/mol. The van der Waals surface area contributed by atoms with Gasteiger partial charge in [0.1, 0.15) is 11.6 Å². The molecule has 0 spiro atoms. The first kappa shape index (κ1) is 15.1. The van der Waals surface area contributed by atoms with Gasteiger partial charge in [-0.25, -0.2) is 9.97 Å². The Kier molecular flexibility index (Phi) is 5.51. The van der Waals surface area contributed by atoms with E-state index in [9.17, 15) is 0 Å². The summed E-state index contributed by atoms with van der Waals surface area (Å²) in [5.74, 6) is 2.91. The van der Waals surface area contributed by atoms with Crippen molar-refractivity contribution in [3.63, 3.8) is 0 Å². The Labute approximate surface area is 128 Å². The zero-order valence-electron chi connectivity index (χ0n) is 11.7. The van der Waals surface area contributed by atoms with Gasteiger partial charge >= 0.3 is 0 Å². The maximum Gasteiger partial charge on any atom is 0.141 e. The van der Waals surface area contributed by atoms with Crippen molar-refractivity contribution in [1.82, 2.24) is 9.97 Å². The highest BCUT2D eigenvalue weighted by atomic mass is 79.9. The van der Waals surface area contributed by atoms with Crippen molar-refractivity contribution in [2.45, 2.75) is 57.0 Å². The van der Waals surface area contributed by atoms with Crippen LogP contribution >= 0.6 is 27.7 Å². The van der Waals surface area contributed by atoms with Gasteiger partial charge in [-0.1, -0.05) is 26.7 Å². The van der Waals surface area contributed by atoms with E-state index in [0.29, 0.717) is 11.7 Å². The van der Waals surface area contributed by atoms with Gasteiger partial charge in [0.15, 0.2) is 0 Å². The van der Waals surface area contributed by atoms with E-state index in [4.69, 9.17) is 5.73 Å². The highest BCUT2D eigenvalue weighted by molar-refractivity contribution is 9.10. The summed E-state index contributed by atoms with van der Waals surface area (Å²) in [6.45, 7) is 4.38. The predicted molar refractivity (Wildman–Crippen MR) is 86.2 cm³/mol. The second-order valence-electron chi connectivity index (χ2n) is 5.60. The highest BCUT2D eigenvalue weighted by Gasteiger charge is 2.17. The van der Waals surface area contributed by atoms with E-state index in [1.165, 1.54) is 25.7 Å². The summed E-state index contributed by atoms with van der Waals surface area (Å²) in [5, 5.41) is 0.794. The highest BCUT2D eigenvalue weighted by Crippen LogP contribution is 2.32. The number of anilines is 1. The molecule has 3 nitrogen and oxygen atoms in total. The van der Waals surface area contributed by atoms with E-state index in [2.05, 4.69) is 39.7 Å². The number of nitrogen functional groups attached to an aromatic ring is 1. The van der Waals surface area contributed by atoms with Gasteiger partial charge in [0, 0.05) is 5.25 Å². The van der Waals surface area contributed by atoms with Crippen molar-refractivity contribution in [3.8, 4) is 0 Å². The Morgan fingerprint density at radius 1 is 1.32 bits per heavy atom. The Morgan fingerprint density at radius 3 is 2.63 bits per heavy atom. The van der Waals surface area contributed by atoms with Crippen LogP contribution in [0.1, 0.15) is 51.0 Å². The molecule has 19 heavy (non-hydrogen) atoms. The largest absolute Gasteiger partial charge is 0.383 e. The number of rotatable bonds is 5. The number of thioether (sulfide) groups is 1. The molecule has 1 aromatic rings. The van der Waals surface area contributed by atoms with Crippen LogP contribution in [0.15, 0.2) is 4.47 Å². The molecule has 0 radical (unpaired) electrons. The van der Waals surface area contributed by atoms with E-state index in [1.54, 1.807) is 0 Å². The Balaban J connectivity index is 2.05. The van der Waals surface area contributed by atoms with Gasteiger partial charge in [-0.3, -0.25) is 0 Å². The molecule has 0 aliphatic heterocycles. The third kappa shape index (κ3) is 4.35. The molecule has 106 valence electrons. The van der Waals surface area contributed by atoms with Crippen LogP contribution in [0.2, 0.25) is 0 Å². The number of nitrogens with two attached hydrogens (primary N) is 1. The van der Waals surface area contributed by atoms with Crippen LogP contribution in [-0.4, -0.2) is 15.2 Å². The molecule has 0 bridgehead atoms. The minimum Gasteiger partial charge on any atom is -0.383 e. The molecule has 1 aliphatic rings. The fraction of sp³-hybridized carbons (Fsp3) is 0.714. The number of hydrogen-bond acceptors (Lipinski definition) is 4. The standard InChI is InChI=1S/C14H22BrN3S/c1-9(2)7-11-13(15)14(16)18-12(17-11)8-19-10-5-3-4-6-10/h9-10H,3-8H2,1-2H3,(H2,16,17,18). The maximum atomic E-state index is 5.97. The molecule has 2 rings (SSSR count). The van der Waals surface area contributed by atoms with Crippen LogP contribution < -0.4 is 5.73 Å². The predicted octanol–water partition coefficient (Wildman–Crippen LogP) is 4.20. The van der Waals surface area contributed by atoms with Crippen molar-refractivity contribution >= 4 is 33.5 Å². The quantitative estimate of drug-likeness (QED) is 0.870. The number of halogens is 1. The third-order valence-electron chi connectivity index (χ3n) is 3.34. The fourth-order valence-corrected chi connectivity index (χ4v) is 3.92. The lowest BCUT2D eigenvalue weighted by Crippen LogP contribution is -2.08. The van der Waals surface area contributed by atoms with E-state index in [-0.39, 0.29) is 0 Å². The molecule has 5 heteroatoms. The smallest absolute Gasteiger partial charge is 0.141 e. The summed E-state index contributed by atoms with van der Waals surface area (Å²) in [6, 6.07) is 0. The zero-order valence-corrected chi connectivity index (χ0v) is 14.1. The molecule has 1 fully saturated rings. The van der Waals surface area contributed by atoms with E-state index in [0.717, 1.165) is 33.4 Å². The maximum absolute atomic E-state index is 5.97. The molecule has 1 heterocycles. The topological polar surface area (TPSA) is 51.8 Å². The minimum absolute atomic E-state index is 0.570. The third-order valence-corrected chi connectivity index (χ3v) is 5.58. The number of aromatic nitrogens is 2. The molecule has 0 unspecified atom stereocenters. The van der Waals surface area contributed by atoms with Crippen LogP contribution in [0.25, 0.3) is 0 Å². The molecule has 0 saturated heterocycles. The van der Waals surface area contributed by atoms with Crippen LogP contribution in [0.5, 0.6) is 0 Å². The molecule has 0 atom stereocenters. The van der Waals surface area contributed by atoms with Gasteiger partial charge < -0.3 is 5.73 Å². The number of nitrogens with zero attached hydrogens (tertiary/aromatic N) is 2. The zero-order chi connectivity index (χ0) is 13.8. The van der Waals surface area contributed by atoms with Gasteiger partial charge in [-0.15, -0.1) is 0 Å². The Bertz CT molecular complexity index is 431. The molecule has 1 saturated carbocycles. The van der Waals surface area contributed by atoms with Crippen molar-refractivity contribution in [3.05, 3.63) is 16.0 Å². The van der Waals surface area contributed by atoms with Crippen molar-refractivity contribution in [2.24, 2.45) is 5.92 Å². The van der Waals surface area contributed by atoms with Crippen LogP contribution in [-0.2, 0) is 12.2 Å². The second kappa shape index (κ2) is 6.93. The van der Waals surface area contributed by atoms with Crippen LogP contribution in [0.4, 0.5) is 5.82 Å². The lowest BCUT2D eigenvalue weighted by molar-refractivity contribution is 0.630. The lowest BCUT2D eigenvalue weighted by Gasteiger charge is -2.12. The van der Waals surface area contributed by atoms with Gasteiger partial charge in [0.2, 0.25) is 0 Å². The van der Waals surface area contributed by atoms with Gasteiger partial charge in [0.05, 0.1) is 15.9 Å². The monoisotopic (exact) mass is 343 g/mol. The molecule has 0 amide bonds. The van der Waals surface area contributed by atoms with E-state index < -0.39 is 0 Å². The summed E-state index contributed by atoms with van der Waals surface area (Å²) in [7, 11) is 0. The van der Waals surface area contributed by atoms with Crippen LogP contribution in [0, 0.1) is 5.92 Å². The summed E-state index contributed by atoms with van der Waals surface area (Å²) in [4.78, 5) is 9.08. The first-order valence-electron chi connectivity index (χ1n) is 6.98. The van der Waals surface area contributed by atoms with Crippen molar-refractivity contribution in [1.29, 1.82) is 0 Å². The molecule has 2 N–H and O–H groups in total. The molecular weight excluding hydrogens is 322 g/mol. The van der Waals surface area contributed by atoms with Gasteiger partial charge in [-0.2, -0.15) is 11.8 Å². The van der Waals surface area contributed by atoms with Crippen molar-refractivity contribution < 1.29 is 0 Å². The summed E-state index contributed by atoms with van der Waals surface area (Å²) in [5.41, 5.74) is 7.02. The summed E-state index contributed by atoms with van der Waals surface area (Å²) < 4.78 is 0.871. The normalized spacial score (nSPS) is 16.4. The minimum atomic E-state index is 0.570. The SMILES string of the molecule is CC(C)Cc1nc(CSC2CCCC2)nc(N)c1Br. The van der Waals surface area contributed by atoms with Crippen molar-refractivity contribution in [2.75, 3.05) is 5.73 Å². The van der Waals surface area contributed by atoms with E-state index >= 15 is 0 Å². The number of hydrogen-bond donors (Lipinski definition) is 1. The first-order valence-corrected chi connectivity index (χ1v) is 8.82. The average Bonchev–Trinajstić information content (AvgIpc) is 2.85. The molecule has 0 aromatic carbocycles. The second-order valence-corrected chi connectivity index (χ2v) is 7.68. The molecule has 1 aliphatic carbocycles. The summed E-state index contributed by atoms with van der Waals surface area (Å²) in [6.07, 6.45) is 6.37. The molecular formula is C14H22BrN3S. The Hall–Kier alpha value is -0.290.